The van der Waals surface area contributed by atoms with Crippen LogP contribution in [0, 0.1) is 0 Å². The van der Waals surface area contributed by atoms with Gasteiger partial charge in [-0.05, 0) is 19.3 Å². The summed E-state index contributed by atoms with van der Waals surface area (Å²) in [5.41, 5.74) is 0. The van der Waals surface area contributed by atoms with Gasteiger partial charge in [-0.15, -0.1) is 0 Å². The maximum absolute atomic E-state index is 11.0. The van der Waals surface area contributed by atoms with Crippen molar-refractivity contribution in [1.82, 2.24) is 0 Å². The standard InChI is InChI=1S/C24H46O2S/c1-3-22-23(27-22)20-18-16-14-12-10-8-6-4-5-7-9-11-13-15-17-19-21-24(25)26-2/h22-23H,3-21H2,1-2H3. The highest BCUT2D eigenvalue weighted by molar-refractivity contribution is 8.07. The summed E-state index contributed by atoms with van der Waals surface area (Å²) in [7, 11) is 1.47. The second-order valence-electron chi connectivity index (χ2n) is 8.39. The van der Waals surface area contributed by atoms with Crippen molar-refractivity contribution in [2.45, 2.75) is 139 Å². The molecule has 1 saturated heterocycles. The van der Waals surface area contributed by atoms with Crippen molar-refractivity contribution in [1.29, 1.82) is 0 Å². The number of hydrogen-bond donors (Lipinski definition) is 0. The molecule has 2 nitrogen and oxygen atoms in total. The number of esters is 1. The molecule has 0 aromatic heterocycles. The lowest BCUT2D eigenvalue weighted by atomic mass is 10.0. The first kappa shape index (κ1) is 24.9. The summed E-state index contributed by atoms with van der Waals surface area (Å²) in [6.45, 7) is 2.33. The molecule has 1 fully saturated rings. The minimum atomic E-state index is -0.0622. The number of thioether (sulfide) groups is 1. The zero-order valence-electron chi connectivity index (χ0n) is 18.3. The number of ether oxygens (including phenoxy) is 1. The predicted molar refractivity (Wildman–Crippen MR) is 121 cm³/mol. The summed E-state index contributed by atoms with van der Waals surface area (Å²) in [6.07, 6.45) is 25.5. The molecule has 0 radical (unpaired) electrons. The van der Waals surface area contributed by atoms with Gasteiger partial charge in [0.25, 0.3) is 0 Å². The Balaban J connectivity index is 1.64. The number of hydrogen-bond acceptors (Lipinski definition) is 3. The van der Waals surface area contributed by atoms with E-state index in [-0.39, 0.29) is 5.97 Å². The maximum atomic E-state index is 11.0. The van der Waals surface area contributed by atoms with E-state index in [4.69, 9.17) is 0 Å². The molecule has 0 amide bonds. The summed E-state index contributed by atoms with van der Waals surface area (Å²) in [5.74, 6) is -0.0622. The molecule has 0 bridgehead atoms. The molecule has 1 aliphatic heterocycles. The van der Waals surface area contributed by atoms with Crippen LogP contribution < -0.4 is 0 Å². The van der Waals surface area contributed by atoms with Crippen molar-refractivity contribution in [2.24, 2.45) is 0 Å². The van der Waals surface area contributed by atoms with E-state index in [0.29, 0.717) is 6.42 Å². The normalized spacial score (nSPS) is 18.6. The minimum Gasteiger partial charge on any atom is -0.469 e. The van der Waals surface area contributed by atoms with Crippen molar-refractivity contribution in [2.75, 3.05) is 7.11 Å². The Hall–Kier alpha value is -0.180. The Morgan fingerprint density at radius 3 is 1.44 bits per heavy atom. The summed E-state index contributed by atoms with van der Waals surface area (Å²) in [6, 6.07) is 0. The molecule has 0 aromatic carbocycles. The van der Waals surface area contributed by atoms with Crippen LogP contribution in [0.4, 0.5) is 0 Å². The van der Waals surface area contributed by atoms with Crippen molar-refractivity contribution >= 4 is 17.7 Å². The van der Waals surface area contributed by atoms with Gasteiger partial charge in [-0.3, -0.25) is 4.79 Å². The molecule has 2 unspecified atom stereocenters. The Labute approximate surface area is 174 Å². The lowest BCUT2D eigenvalue weighted by Crippen LogP contribution is -1.99. The van der Waals surface area contributed by atoms with E-state index in [1.165, 1.54) is 116 Å². The molecule has 0 aromatic rings. The lowest BCUT2D eigenvalue weighted by Gasteiger charge is -2.04. The minimum absolute atomic E-state index is 0.0622. The summed E-state index contributed by atoms with van der Waals surface area (Å²) < 4.78 is 4.66. The second-order valence-corrected chi connectivity index (χ2v) is 9.88. The van der Waals surface area contributed by atoms with Crippen LogP contribution in [0.15, 0.2) is 0 Å². The van der Waals surface area contributed by atoms with Gasteiger partial charge in [-0.25, -0.2) is 0 Å². The third kappa shape index (κ3) is 15.4. The van der Waals surface area contributed by atoms with Gasteiger partial charge >= 0.3 is 5.97 Å². The fourth-order valence-corrected chi connectivity index (χ4v) is 5.17. The molecular weight excluding hydrogens is 352 g/mol. The van der Waals surface area contributed by atoms with Crippen molar-refractivity contribution < 1.29 is 9.53 Å². The third-order valence-corrected chi connectivity index (χ3v) is 7.55. The molecule has 1 heterocycles. The van der Waals surface area contributed by atoms with E-state index in [0.717, 1.165) is 16.9 Å². The highest BCUT2D eigenvalue weighted by Crippen LogP contribution is 2.46. The van der Waals surface area contributed by atoms with E-state index in [1.807, 2.05) is 0 Å². The molecule has 3 heteroatoms. The van der Waals surface area contributed by atoms with Crippen molar-refractivity contribution in [3.63, 3.8) is 0 Å². The van der Waals surface area contributed by atoms with Gasteiger partial charge in [0.2, 0.25) is 0 Å². The smallest absolute Gasteiger partial charge is 0.305 e. The highest BCUT2D eigenvalue weighted by atomic mass is 32.2. The van der Waals surface area contributed by atoms with Gasteiger partial charge in [0, 0.05) is 16.9 Å². The number of methoxy groups -OCH3 is 1. The van der Waals surface area contributed by atoms with E-state index < -0.39 is 0 Å². The second kappa shape index (κ2) is 17.9. The van der Waals surface area contributed by atoms with Crippen LogP contribution in [0.25, 0.3) is 0 Å². The quantitative estimate of drug-likeness (QED) is 0.118. The first-order valence-electron chi connectivity index (χ1n) is 12.0. The van der Waals surface area contributed by atoms with Crippen molar-refractivity contribution in [3.8, 4) is 0 Å². The fraction of sp³-hybridized carbons (Fsp3) is 0.958. The van der Waals surface area contributed by atoms with Crippen molar-refractivity contribution in [3.05, 3.63) is 0 Å². The maximum Gasteiger partial charge on any atom is 0.305 e. The van der Waals surface area contributed by atoms with Gasteiger partial charge in [0.15, 0.2) is 0 Å². The van der Waals surface area contributed by atoms with E-state index in [1.54, 1.807) is 0 Å². The number of carbonyl (C=O) groups excluding carboxylic acids is 1. The van der Waals surface area contributed by atoms with E-state index in [9.17, 15) is 4.79 Å². The number of rotatable bonds is 20. The molecule has 1 aliphatic rings. The van der Waals surface area contributed by atoms with Crippen LogP contribution in [-0.4, -0.2) is 23.6 Å². The fourth-order valence-electron chi connectivity index (χ4n) is 3.98. The van der Waals surface area contributed by atoms with E-state index in [2.05, 4.69) is 23.4 Å². The number of carbonyl (C=O) groups is 1. The molecular formula is C24H46O2S. The van der Waals surface area contributed by atoms with Crippen LogP contribution in [0.5, 0.6) is 0 Å². The largest absolute Gasteiger partial charge is 0.469 e. The average Bonchev–Trinajstić information content (AvgIpc) is 3.45. The van der Waals surface area contributed by atoms with Gasteiger partial charge in [0.05, 0.1) is 7.11 Å². The Morgan fingerprint density at radius 2 is 1.07 bits per heavy atom. The molecule has 0 spiro atoms. The molecule has 0 N–H and O–H groups in total. The Kier molecular flexibility index (Phi) is 16.5. The molecule has 27 heavy (non-hydrogen) atoms. The molecule has 0 aliphatic carbocycles. The summed E-state index contributed by atoms with van der Waals surface area (Å²) in [5, 5.41) is 2.05. The van der Waals surface area contributed by atoms with Gasteiger partial charge in [-0.2, -0.15) is 11.8 Å². The van der Waals surface area contributed by atoms with Gasteiger partial charge in [-0.1, -0.05) is 103 Å². The summed E-state index contributed by atoms with van der Waals surface area (Å²) >= 11 is 2.21. The summed E-state index contributed by atoms with van der Waals surface area (Å²) in [4.78, 5) is 11.0. The predicted octanol–water partition coefficient (Wildman–Crippen LogP) is 8.08. The topological polar surface area (TPSA) is 26.3 Å². The van der Waals surface area contributed by atoms with E-state index >= 15 is 0 Å². The number of unbranched alkanes of at least 4 members (excludes halogenated alkanes) is 15. The van der Waals surface area contributed by atoms with Crippen LogP contribution in [0.1, 0.15) is 129 Å². The molecule has 160 valence electrons. The first-order chi connectivity index (χ1) is 13.3. The van der Waals surface area contributed by atoms with Crippen LogP contribution in [-0.2, 0) is 9.53 Å². The zero-order valence-corrected chi connectivity index (χ0v) is 19.1. The van der Waals surface area contributed by atoms with Gasteiger partial charge in [0.1, 0.15) is 0 Å². The third-order valence-electron chi connectivity index (χ3n) is 5.94. The van der Waals surface area contributed by atoms with Gasteiger partial charge < -0.3 is 4.74 Å². The van der Waals surface area contributed by atoms with Crippen LogP contribution in [0.2, 0.25) is 0 Å². The Bertz CT molecular complexity index is 345. The zero-order chi connectivity index (χ0) is 19.6. The Morgan fingerprint density at radius 1 is 0.667 bits per heavy atom. The molecule has 1 rings (SSSR count). The highest BCUT2D eigenvalue weighted by Gasteiger charge is 2.35. The average molecular weight is 399 g/mol. The SMILES string of the molecule is CCC1SC1CCCCCCCCCCCCCCCCCCC(=O)OC. The van der Waals surface area contributed by atoms with Crippen LogP contribution in [0.3, 0.4) is 0 Å². The first-order valence-corrected chi connectivity index (χ1v) is 12.9. The molecule has 0 saturated carbocycles. The molecule has 2 atom stereocenters. The monoisotopic (exact) mass is 398 g/mol. The lowest BCUT2D eigenvalue weighted by molar-refractivity contribution is -0.140. The van der Waals surface area contributed by atoms with Crippen LogP contribution >= 0.6 is 11.8 Å².